The first-order valence-corrected chi connectivity index (χ1v) is 7.68. The van der Waals surface area contributed by atoms with Gasteiger partial charge in [0.05, 0.1) is 27.6 Å². The Morgan fingerprint density at radius 3 is 3.00 bits per heavy atom. The average Bonchev–Trinajstić information content (AvgIpc) is 2.88. The minimum absolute atomic E-state index is 0.610. The van der Waals surface area contributed by atoms with Crippen LogP contribution in [0.15, 0.2) is 12.3 Å². The standard InChI is InChI=1S/C16H15ClN5/c1-9-8-19-14(10(2)20-9)11-4-5-12-15(13(11)17)21-16-18-6-3-7-22(12)16/h4,8H,3,6-7H2,1-2H3,(H,18,21). The molecule has 5 nitrogen and oxygen atoms in total. The lowest BCUT2D eigenvalue weighted by Crippen LogP contribution is -2.16. The minimum Gasteiger partial charge on any atom is -0.356 e. The maximum absolute atomic E-state index is 6.62. The molecule has 3 aromatic rings. The van der Waals surface area contributed by atoms with Crippen molar-refractivity contribution in [3.05, 3.63) is 34.7 Å². The summed E-state index contributed by atoms with van der Waals surface area (Å²) in [4.78, 5) is 13.6. The molecule has 0 unspecified atom stereocenters. The molecule has 1 radical (unpaired) electrons. The molecule has 4 rings (SSSR count). The highest BCUT2D eigenvalue weighted by atomic mass is 35.5. The van der Waals surface area contributed by atoms with Gasteiger partial charge in [0.1, 0.15) is 5.52 Å². The van der Waals surface area contributed by atoms with Gasteiger partial charge in [0.2, 0.25) is 5.95 Å². The number of nitrogens with zero attached hydrogens (tertiary/aromatic N) is 4. The van der Waals surface area contributed by atoms with Crippen LogP contribution in [-0.2, 0) is 6.54 Å². The Balaban J connectivity index is 1.94. The van der Waals surface area contributed by atoms with Crippen LogP contribution in [0.2, 0.25) is 5.02 Å². The van der Waals surface area contributed by atoms with Crippen LogP contribution in [-0.4, -0.2) is 26.1 Å². The van der Waals surface area contributed by atoms with Crippen molar-refractivity contribution >= 4 is 28.6 Å². The van der Waals surface area contributed by atoms with Crippen LogP contribution in [0.3, 0.4) is 0 Å². The summed E-state index contributed by atoms with van der Waals surface area (Å²) in [5.41, 5.74) is 5.07. The van der Waals surface area contributed by atoms with E-state index >= 15 is 0 Å². The molecule has 0 amide bonds. The molecule has 111 valence electrons. The number of hydrogen-bond donors (Lipinski definition) is 1. The molecular weight excluding hydrogens is 298 g/mol. The SMILES string of the molecule is Cc1cnc(-c2c[c]c3c(nc4n3CCCN4)c2Cl)c(C)n1. The van der Waals surface area contributed by atoms with Crippen molar-refractivity contribution in [2.75, 3.05) is 11.9 Å². The lowest BCUT2D eigenvalue weighted by Gasteiger charge is -2.15. The van der Waals surface area contributed by atoms with E-state index in [1.165, 1.54) is 0 Å². The van der Waals surface area contributed by atoms with Crippen LogP contribution < -0.4 is 5.32 Å². The van der Waals surface area contributed by atoms with Gasteiger partial charge in [-0.3, -0.25) is 9.97 Å². The lowest BCUT2D eigenvalue weighted by molar-refractivity contribution is 0.642. The molecule has 1 aliphatic rings. The van der Waals surface area contributed by atoms with Gasteiger partial charge in [-0.1, -0.05) is 11.6 Å². The predicted molar refractivity (Wildman–Crippen MR) is 87.2 cm³/mol. The van der Waals surface area contributed by atoms with Crippen molar-refractivity contribution in [1.82, 2.24) is 19.5 Å². The van der Waals surface area contributed by atoms with Gasteiger partial charge in [-0.15, -0.1) is 0 Å². The number of aromatic nitrogens is 4. The molecule has 0 spiro atoms. The van der Waals surface area contributed by atoms with E-state index in [2.05, 4.69) is 30.9 Å². The highest BCUT2D eigenvalue weighted by molar-refractivity contribution is 6.37. The molecule has 0 saturated heterocycles. The summed E-state index contributed by atoms with van der Waals surface area (Å²) >= 11 is 6.62. The predicted octanol–water partition coefficient (Wildman–Crippen LogP) is 3.38. The molecule has 22 heavy (non-hydrogen) atoms. The Kier molecular flexibility index (Phi) is 3.04. The first kappa shape index (κ1) is 13.5. The van der Waals surface area contributed by atoms with Crippen molar-refractivity contribution < 1.29 is 0 Å². The summed E-state index contributed by atoms with van der Waals surface area (Å²) in [6, 6.07) is 5.21. The third-order valence-electron chi connectivity index (χ3n) is 3.93. The number of hydrogen-bond acceptors (Lipinski definition) is 4. The van der Waals surface area contributed by atoms with E-state index in [0.29, 0.717) is 5.02 Å². The lowest BCUT2D eigenvalue weighted by atomic mass is 10.1. The smallest absolute Gasteiger partial charge is 0.203 e. The van der Waals surface area contributed by atoms with Crippen LogP contribution in [0.4, 0.5) is 5.95 Å². The van der Waals surface area contributed by atoms with Gasteiger partial charge in [-0.25, -0.2) is 4.98 Å². The maximum Gasteiger partial charge on any atom is 0.203 e. The topological polar surface area (TPSA) is 55.6 Å². The molecule has 6 heteroatoms. The van der Waals surface area contributed by atoms with E-state index in [0.717, 1.165) is 59.1 Å². The van der Waals surface area contributed by atoms with Crippen molar-refractivity contribution in [3.63, 3.8) is 0 Å². The Hall–Kier alpha value is -2.14. The zero-order valence-electron chi connectivity index (χ0n) is 12.4. The van der Waals surface area contributed by atoms with E-state index < -0.39 is 0 Å². The highest BCUT2D eigenvalue weighted by Crippen LogP contribution is 2.35. The first-order chi connectivity index (χ1) is 10.6. The number of benzene rings is 1. The van der Waals surface area contributed by atoms with Crippen molar-refractivity contribution in [1.29, 1.82) is 0 Å². The fourth-order valence-electron chi connectivity index (χ4n) is 2.91. The van der Waals surface area contributed by atoms with Gasteiger partial charge in [0.25, 0.3) is 0 Å². The monoisotopic (exact) mass is 312 g/mol. The molecule has 1 aromatic carbocycles. The van der Waals surface area contributed by atoms with Gasteiger partial charge < -0.3 is 9.88 Å². The van der Waals surface area contributed by atoms with Crippen LogP contribution in [0, 0.1) is 19.9 Å². The molecule has 2 aromatic heterocycles. The molecular formula is C16H15ClN5. The zero-order chi connectivity index (χ0) is 15.3. The van der Waals surface area contributed by atoms with Crippen molar-refractivity contribution in [2.45, 2.75) is 26.8 Å². The second kappa shape index (κ2) is 4.95. The number of fused-ring (bicyclic) bond motifs is 3. The molecule has 0 atom stereocenters. The number of nitrogens with one attached hydrogen (secondary N) is 1. The quantitative estimate of drug-likeness (QED) is 0.748. The van der Waals surface area contributed by atoms with E-state index in [1.54, 1.807) is 6.20 Å². The Morgan fingerprint density at radius 2 is 2.18 bits per heavy atom. The minimum atomic E-state index is 0.610. The van der Waals surface area contributed by atoms with Crippen LogP contribution >= 0.6 is 11.6 Å². The third-order valence-corrected chi connectivity index (χ3v) is 4.31. The molecule has 0 aliphatic carbocycles. The van der Waals surface area contributed by atoms with E-state index in [9.17, 15) is 0 Å². The number of aryl methyl sites for hydroxylation is 3. The highest BCUT2D eigenvalue weighted by Gasteiger charge is 2.19. The van der Waals surface area contributed by atoms with Crippen molar-refractivity contribution in [2.24, 2.45) is 0 Å². The Labute approximate surface area is 133 Å². The summed E-state index contributed by atoms with van der Waals surface area (Å²) < 4.78 is 2.13. The van der Waals surface area contributed by atoms with Gasteiger partial charge in [0.15, 0.2) is 0 Å². The summed E-state index contributed by atoms with van der Waals surface area (Å²) in [6.45, 7) is 5.75. The molecule has 1 aliphatic heterocycles. The van der Waals surface area contributed by atoms with E-state index in [4.69, 9.17) is 11.6 Å². The second-order valence-electron chi connectivity index (χ2n) is 5.53. The third kappa shape index (κ3) is 1.96. The summed E-state index contributed by atoms with van der Waals surface area (Å²) in [7, 11) is 0. The van der Waals surface area contributed by atoms with Gasteiger partial charge in [-0.05, 0) is 26.3 Å². The largest absolute Gasteiger partial charge is 0.356 e. The molecule has 0 bridgehead atoms. The molecule has 3 heterocycles. The summed E-state index contributed by atoms with van der Waals surface area (Å²) in [6.07, 6.45) is 2.83. The molecule has 1 N–H and O–H groups in total. The second-order valence-corrected chi connectivity index (χ2v) is 5.90. The van der Waals surface area contributed by atoms with Crippen LogP contribution in [0.5, 0.6) is 0 Å². The van der Waals surface area contributed by atoms with Gasteiger partial charge in [0, 0.05) is 30.9 Å². The normalized spacial score (nSPS) is 14.0. The summed E-state index contributed by atoms with van der Waals surface area (Å²) in [5, 5.41) is 3.91. The van der Waals surface area contributed by atoms with Gasteiger partial charge >= 0.3 is 0 Å². The first-order valence-electron chi connectivity index (χ1n) is 7.30. The Morgan fingerprint density at radius 1 is 1.32 bits per heavy atom. The number of anilines is 1. The number of halogens is 1. The zero-order valence-corrected chi connectivity index (χ0v) is 13.2. The van der Waals surface area contributed by atoms with Crippen LogP contribution in [0.25, 0.3) is 22.3 Å². The Bertz CT molecular complexity index is 884. The van der Waals surface area contributed by atoms with E-state index in [-0.39, 0.29) is 0 Å². The fourth-order valence-corrected chi connectivity index (χ4v) is 3.18. The number of rotatable bonds is 1. The summed E-state index contributed by atoms with van der Waals surface area (Å²) in [5.74, 6) is 0.864. The van der Waals surface area contributed by atoms with Crippen molar-refractivity contribution in [3.8, 4) is 11.3 Å². The van der Waals surface area contributed by atoms with E-state index in [1.807, 2.05) is 19.9 Å². The average molecular weight is 313 g/mol. The fraction of sp³-hybridized carbons (Fsp3) is 0.312. The molecule has 0 fully saturated rings. The maximum atomic E-state index is 6.62. The van der Waals surface area contributed by atoms with Crippen LogP contribution in [0.1, 0.15) is 17.8 Å². The number of imidazole rings is 1. The van der Waals surface area contributed by atoms with Gasteiger partial charge in [-0.2, -0.15) is 0 Å². The molecule has 0 saturated carbocycles.